The molecule has 1 aliphatic carbocycles. The van der Waals surface area contributed by atoms with Gasteiger partial charge in [0.25, 0.3) is 0 Å². The van der Waals surface area contributed by atoms with Gasteiger partial charge < -0.3 is 10.2 Å². The number of furan rings is 1. The number of rotatable bonds is 0. The number of halogens is 1. The Morgan fingerprint density at radius 3 is 2.88 bits per heavy atom. The van der Waals surface area contributed by atoms with Crippen LogP contribution in [0.3, 0.4) is 0 Å². The van der Waals surface area contributed by atoms with Crippen LogP contribution < -0.4 is 5.73 Å². The summed E-state index contributed by atoms with van der Waals surface area (Å²) in [6.07, 6.45) is 2.98. The van der Waals surface area contributed by atoms with E-state index in [1.807, 2.05) is 0 Å². The summed E-state index contributed by atoms with van der Waals surface area (Å²) in [5.74, 6) is 1.19. The third-order valence-electron chi connectivity index (χ3n) is 3.37. The van der Waals surface area contributed by atoms with Gasteiger partial charge in [-0.2, -0.15) is 4.98 Å². The molecule has 2 heterocycles. The fourth-order valence-corrected chi connectivity index (χ4v) is 2.67. The first-order valence-electron chi connectivity index (χ1n) is 5.69. The summed E-state index contributed by atoms with van der Waals surface area (Å²) >= 11 is 6.03. The zero-order valence-corrected chi connectivity index (χ0v) is 10.6. The number of nitrogens with two attached hydrogens (primary N) is 1. The molecule has 2 aromatic heterocycles. The molecular weight excluding hydrogens is 238 g/mol. The normalized spacial score (nSPS) is 18.3. The van der Waals surface area contributed by atoms with Crippen molar-refractivity contribution in [3.63, 3.8) is 0 Å². The average molecular weight is 252 g/mol. The number of hydrogen-bond acceptors (Lipinski definition) is 4. The first-order chi connectivity index (χ1) is 7.96. The van der Waals surface area contributed by atoms with Gasteiger partial charge in [0.1, 0.15) is 11.3 Å². The Morgan fingerprint density at radius 2 is 2.12 bits per heavy atom. The van der Waals surface area contributed by atoms with E-state index in [1.54, 1.807) is 0 Å². The SMILES string of the molecule is CC1(C)CCc2oc3c(Cl)nc(N)nc3c2C1. The van der Waals surface area contributed by atoms with Crippen LogP contribution in [0.2, 0.25) is 5.15 Å². The molecule has 0 spiro atoms. The number of hydrogen-bond donors (Lipinski definition) is 1. The Morgan fingerprint density at radius 1 is 1.35 bits per heavy atom. The average Bonchev–Trinajstić information content (AvgIpc) is 2.55. The van der Waals surface area contributed by atoms with Crippen LogP contribution in [-0.2, 0) is 12.8 Å². The first kappa shape index (κ1) is 10.8. The minimum atomic E-state index is 0.203. The van der Waals surface area contributed by atoms with Crippen molar-refractivity contribution in [2.24, 2.45) is 5.41 Å². The molecule has 0 aromatic carbocycles. The highest BCUT2D eigenvalue weighted by atomic mass is 35.5. The lowest BCUT2D eigenvalue weighted by atomic mass is 9.76. The molecule has 2 N–H and O–H groups in total. The van der Waals surface area contributed by atoms with Gasteiger partial charge >= 0.3 is 0 Å². The number of aryl methyl sites for hydroxylation is 1. The summed E-state index contributed by atoms with van der Waals surface area (Å²) in [5.41, 5.74) is 8.41. The second-order valence-electron chi connectivity index (χ2n) is 5.40. The topological polar surface area (TPSA) is 64.9 Å². The molecule has 0 radical (unpaired) electrons. The molecule has 0 aliphatic heterocycles. The summed E-state index contributed by atoms with van der Waals surface area (Å²) in [7, 11) is 0. The fraction of sp³-hybridized carbons (Fsp3) is 0.500. The molecule has 1 aliphatic rings. The highest BCUT2D eigenvalue weighted by Crippen LogP contribution is 2.40. The van der Waals surface area contributed by atoms with Gasteiger partial charge in [-0.3, -0.25) is 0 Å². The van der Waals surface area contributed by atoms with Crippen molar-refractivity contribution < 1.29 is 4.42 Å². The second-order valence-corrected chi connectivity index (χ2v) is 5.75. The lowest BCUT2D eigenvalue weighted by Gasteiger charge is -2.28. The van der Waals surface area contributed by atoms with E-state index in [4.69, 9.17) is 21.8 Å². The minimum Gasteiger partial charge on any atom is -0.456 e. The van der Waals surface area contributed by atoms with Gasteiger partial charge in [-0.1, -0.05) is 25.4 Å². The lowest BCUT2D eigenvalue weighted by molar-refractivity contribution is 0.298. The Hall–Kier alpha value is -1.29. The molecule has 0 fully saturated rings. The maximum Gasteiger partial charge on any atom is 0.222 e. The van der Waals surface area contributed by atoms with E-state index >= 15 is 0 Å². The monoisotopic (exact) mass is 251 g/mol. The third kappa shape index (κ3) is 1.67. The standard InChI is InChI=1S/C12H14ClN3O/c1-12(2)4-3-7-6(5-12)8-9(17-7)10(13)16-11(14)15-8/h3-5H2,1-2H3,(H2,14,15,16). The number of nitrogens with zero attached hydrogens (tertiary/aromatic N) is 2. The van der Waals surface area contributed by atoms with Gasteiger partial charge in [0.2, 0.25) is 5.95 Å². The van der Waals surface area contributed by atoms with E-state index in [9.17, 15) is 0 Å². The van der Waals surface area contributed by atoms with Gasteiger partial charge in [-0.15, -0.1) is 0 Å². The molecule has 17 heavy (non-hydrogen) atoms. The third-order valence-corrected chi connectivity index (χ3v) is 3.63. The first-order valence-corrected chi connectivity index (χ1v) is 6.07. The van der Waals surface area contributed by atoms with E-state index in [0.29, 0.717) is 10.7 Å². The van der Waals surface area contributed by atoms with Crippen molar-refractivity contribution in [3.8, 4) is 0 Å². The van der Waals surface area contributed by atoms with Crippen LogP contribution in [-0.4, -0.2) is 9.97 Å². The van der Waals surface area contributed by atoms with E-state index in [2.05, 4.69) is 23.8 Å². The molecule has 0 saturated heterocycles. The fourth-order valence-electron chi connectivity index (χ4n) is 2.45. The van der Waals surface area contributed by atoms with E-state index in [0.717, 1.165) is 36.1 Å². The molecule has 4 nitrogen and oxygen atoms in total. The van der Waals surface area contributed by atoms with Crippen LogP contribution in [0.15, 0.2) is 4.42 Å². The summed E-state index contributed by atoms with van der Waals surface area (Å²) in [5, 5.41) is 0.305. The van der Waals surface area contributed by atoms with E-state index < -0.39 is 0 Å². The van der Waals surface area contributed by atoms with Crippen molar-refractivity contribution in [2.45, 2.75) is 33.1 Å². The van der Waals surface area contributed by atoms with Crippen molar-refractivity contribution in [1.29, 1.82) is 0 Å². The van der Waals surface area contributed by atoms with Gasteiger partial charge in [-0.05, 0) is 18.3 Å². The van der Waals surface area contributed by atoms with Crippen LogP contribution in [0.1, 0.15) is 31.6 Å². The van der Waals surface area contributed by atoms with Crippen LogP contribution >= 0.6 is 11.6 Å². The zero-order chi connectivity index (χ0) is 12.2. The van der Waals surface area contributed by atoms with E-state index in [1.165, 1.54) is 0 Å². The molecule has 0 unspecified atom stereocenters. The molecule has 0 bridgehead atoms. The van der Waals surface area contributed by atoms with Crippen molar-refractivity contribution in [1.82, 2.24) is 9.97 Å². The maximum absolute atomic E-state index is 6.03. The van der Waals surface area contributed by atoms with Crippen molar-refractivity contribution in [2.75, 3.05) is 5.73 Å². The number of anilines is 1. The Bertz CT molecular complexity index is 603. The molecule has 90 valence electrons. The quantitative estimate of drug-likeness (QED) is 0.731. The molecule has 2 aromatic rings. The smallest absolute Gasteiger partial charge is 0.222 e. The Labute approximate surface area is 104 Å². The molecular formula is C12H14ClN3O. The van der Waals surface area contributed by atoms with Gasteiger partial charge in [0.15, 0.2) is 10.7 Å². The summed E-state index contributed by atoms with van der Waals surface area (Å²) in [4.78, 5) is 8.18. The van der Waals surface area contributed by atoms with Crippen molar-refractivity contribution >= 4 is 28.6 Å². The zero-order valence-electron chi connectivity index (χ0n) is 9.88. The maximum atomic E-state index is 6.03. The van der Waals surface area contributed by atoms with Crippen LogP contribution in [0.4, 0.5) is 5.95 Å². The summed E-state index contributed by atoms with van der Waals surface area (Å²) in [6, 6.07) is 0. The number of nitrogen functional groups attached to an aromatic ring is 1. The summed E-state index contributed by atoms with van der Waals surface area (Å²) < 4.78 is 5.76. The number of fused-ring (bicyclic) bond motifs is 3. The van der Waals surface area contributed by atoms with Crippen LogP contribution in [0.5, 0.6) is 0 Å². The molecule has 5 heteroatoms. The largest absolute Gasteiger partial charge is 0.456 e. The second kappa shape index (κ2) is 3.35. The summed E-state index contributed by atoms with van der Waals surface area (Å²) in [6.45, 7) is 4.50. The Balaban J connectivity index is 2.28. The number of aromatic nitrogens is 2. The van der Waals surface area contributed by atoms with E-state index in [-0.39, 0.29) is 11.4 Å². The van der Waals surface area contributed by atoms with Crippen LogP contribution in [0.25, 0.3) is 11.1 Å². The Kier molecular flexibility index (Phi) is 2.14. The van der Waals surface area contributed by atoms with Gasteiger partial charge in [0, 0.05) is 12.0 Å². The molecule has 0 saturated carbocycles. The predicted octanol–water partition coefficient (Wildman–Crippen LogP) is 2.97. The van der Waals surface area contributed by atoms with Crippen molar-refractivity contribution in [3.05, 3.63) is 16.5 Å². The highest BCUT2D eigenvalue weighted by molar-refractivity contribution is 6.33. The highest BCUT2D eigenvalue weighted by Gasteiger charge is 2.31. The molecule has 0 atom stereocenters. The minimum absolute atomic E-state index is 0.203. The lowest BCUT2D eigenvalue weighted by Crippen LogP contribution is -2.21. The molecule has 0 amide bonds. The predicted molar refractivity (Wildman–Crippen MR) is 67.0 cm³/mol. The van der Waals surface area contributed by atoms with Gasteiger partial charge in [0.05, 0.1) is 0 Å². The van der Waals surface area contributed by atoms with Gasteiger partial charge in [-0.25, -0.2) is 4.98 Å². The molecule has 3 rings (SSSR count). The van der Waals surface area contributed by atoms with Crippen LogP contribution in [0, 0.1) is 5.41 Å².